The molecular formula is C21H22N6O3. The molecule has 1 aliphatic rings. The van der Waals surface area contributed by atoms with Gasteiger partial charge in [0.25, 0.3) is 0 Å². The molecule has 0 radical (unpaired) electrons. The van der Waals surface area contributed by atoms with Gasteiger partial charge in [-0.15, -0.1) is 0 Å². The number of carbonyl (C=O) groups excluding carboxylic acids is 2. The largest absolute Gasteiger partial charge is 0.455 e. The number of nitrogens with zero attached hydrogens (tertiary/aromatic N) is 4. The summed E-state index contributed by atoms with van der Waals surface area (Å²) in [6.07, 6.45) is 7.98. The number of hydrogen-bond acceptors (Lipinski definition) is 6. The first kappa shape index (κ1) is 19.6. The van der Waals surface area contributed by atoms with Crippen molar-refractivity contribution < 1.29 is 14.3 Å². The molecule has 4 rings (SSSR count). The summed E-state index contributed by atoms with van der Waals surface area (Å²) in [4.78, 5) is 32.6. The maximum atomic E-state index is 12.0. The number of anilines is 1. The van der Waals surface area contributed by atoms with E-state index in [1.807, 2.05) is 19.3 Å². The molecule has 0 saturated heterocycles. The monoisotopic (exact) mass is 406 g/mol. The van der Waals surface area contributed by atoms with E-state index in [0.717, 1.165) is 30.5 Å². The quantitative estimate of drug-likeness (QED) is 0.672. The van der Waals surface area contributed by atoms with E-state index in [1.54, 1.807) is 42.2 Å². The Hall–Kier alpha value is -3.75. The molecule has 1 fully saturated rings. The number of nitrogens with one attached hydrogen (secondary N) is 2. The van der Waals surface area contributed by atoms with E-state index >= 15 is 0 Å². The van der Waals surface area contributed by atoms with Crippen molar-refractivity contribution in [2.45, 2.75) is 26.2 Å². The van der Waals surface area contributed by atoms with Gasteiger partial charge in [0.05, 0.1) is 17.6 Å². The number of ether oxygens (including phenoxy) is 1. The zero-order valence-electron chi connectivity index (χ0n) is 16.8. The van der Waals surface area contributed by atoms with Crippen LogP contribution < -0.4 is 15.4 Å². The lowest BCUT2D eigenvalue weighted by molar-refractivity contribution is -0.126. The van der Waals surface area contributed by atoms with Gasteiger partial charge >= 0.3 is 6.03 Å². The van der Waals surface area contributed by atoms with Crippen LogP contribution in [0.1, 0.15) is 25.0 Å². The number of carbonyl (C=O) groups is 2. The maximum absolute atomic E-state index is 12.0. The van der Waals surface area contributed by atoms with Crippen molar-refractivity contribution in [2.75, 3.05) is 5.32 Å². The third-order valence-electron chi connectivity index (χ3n) is 4.95. The summed E-state index contributed by atoms with van der Waals surface area (Å²) >= 11 is 0. The number of amides is 3. The van der Waals surface area contributed by atoms with E-state index in [9.17, 15) is 9.59 Å². The van der Waals surface area contributed by atoms with E-state index in [1.165, 1.54) is 0 Å². The predicted octanol–water partition coefficient (Wildman–Crippen LogP) is 3.43. The molecule has 0 unspecified atom stereocenters. The average molecular weight is 406 g/mol. The first-order valence-electron chi connectivity index (χ1n) is 9.70. The van der Waals surface area contributed by atoms with Gasteiger partial charge in [-0.05, 0) is 38.0 Å². The minimum absolute atomic E-state index is 0.0573. The molecule has 0 bridgehead atoms. The fourth-order valence-electron chi connectivity index (χ4n) is 3.07. The SMILES string of the molecule is Cc1nc(NC(=O)NC(=O)C2CCC2)ccc1Oc1ccnc(-c2cnn(C)c2)c1. The second-order valence-corrected chi connectivity index (χ2v) is 7.23. The van der Waals surface area contributed by atoms with Gasteiger partial charge in [-0.3, -0.25) is 25.1 Å². The summed E-state index contributed by atoms with van der Waals surface area (Å²) in [6.45, 7) is 1.78. The standard InChI is InChI=1S/C21H22N6O3/c1-13-18(30-16-8-9-22-17(10-16)15-11-23-27(2)12-15)6-7-19(24-13)25-21(29)26-20(28)14-4-3-5-14/h6-12,14H,3-5H2,1-2H3,(H2,24,25,26,28,29). The molecule has 0 aromatic carbocycles. The van der Waals surface area contributed by atoms with Crippen molar-refractivity contribution in [3.05, 3.63) is 48.5 Å². The summed E-state index contributed by atoms with van der Waals surface area (Å²) in [5, 5.41) is 9.09. The third-order valence-corrected chi connectivity index (χ3v) is 4.95. The summed E-state index contributed by atoms with van der Waals surface area (Å²) < 4.78 is 7.65. The van der Waals surface area contributed by atoms with Crippen molar-refractivity contribution in [1.82, 2.24) is 25.1 Å². The van der Waals surface area contributed by atoms with Crippen molar-refractivity contribution >= 4 is 17.8 Å². The normalized spacial score (nSPS) is 13.4. The van der Waals surface area contributed by atoms with Crippen molar-refractivity contribution in [3.63, 3.8) is 0 Å². The Kier molecular flexibility index (Phi) is 5.42. The van der Waals surface area contributed by atoms with Crippen LogP contribution in [-0.2, 0) is 11.8 Å². The van der Waals surface area contributed by atoms with Crippen LogP contribution in [0.4, 0.5) is 10.6 Å². The second kappa shape index (κ2) is 8.32. The summed E-state index contributed by atoms with van der Waals surface area (Å²) in [5.74, 6) is 1.20. The third kappa shape index (κ3) is 4.45. The molecule has 3 aromatic heterocycles. The van der Waals surface area contributed by atoms with E-state index in [2.05, 4.69) is 25.7 Å². The number of imide groups is 1. The van der Waals surface area contributed by atoms with Crippen LogP contribution in [0.2, 0.25) is 0 Å². The molecule has 0 atom stereocenters. The Bertz CT molecular complexity index is 1090. The van der Waals surface area contributed by atoms with Crippen molar-refractivity contribution in [1.29, 1.82) is 0 Å². The first-order valence-corrected chi connectivity index (χ1v) is 9.70. The van der Waals surface area contributed by atoms with Gasteiger partial charge in [-0.2, -0.15) is 5.10 Å². The maximum Gasteiger partial charge on any atom is 0.327 e. The number of aryl methyl sites for hydroxylation is 2. The molecule has 1 saturated carbocycles. The van der Waals surface area contributed by atoms with Gasteiger partial charge in [0, 0.05) is 37.0 Å². The number of rotatable bonds is 5. The van der Waals surface area contributed by atoms with E-state index < -0.39 is 6.03 Å². The minimum Gasteiger partial charge on any atom is -0.455 e. The summed E-state index contributed by atoms with van der Waals surface area (Å²) in [6, 6.07) is 6.34. The fourth-order valence-corrected chi connectivity index (χ4v) is 3.07. The highest BCUT2D eigenvalue weighted by Gasteiger charge is 2.26. The molecule has 9 nitrogen and oxygen atoms in total. The highest BCUT2D eigenvalue weighted by molar-refractivity contribution is 6.01. The molecule has 9 heteroatoms. The van der Waals surface area contributed by atoms with E-state index in [4.69, 9.17) is 4.74 Å². The van der Waals surface area contributed by atoms with Crippen LogP contribution in [0.3, 0.4) is 0 Å². The van der Waals surface area contributed by atoms with Crippen LogP contribution in [-0.4, -0.2) is 31.7 Å². The van der Waals surface area contributed by atoms with Crippen LogP contribution in [0.5, 0.6) is 11.5 Å². The Balaban J connectivity index is 1.41. The zero-order chi connectivity index (χ0) is 21.1. The smallest absolute Gasteiger partial charge is 0.327 e. The highest BCUT2D eigenvalue weighted by atomic mass is 16.5. The van der Waals surface area contributed by atoms with Gasteiger partial charge < -0.3 is 4.74 Å². The van der Waals surface area contributed by atoms with Crippen LogP contribution >= 0.6 is 0 Å². The molecule has 154 valence electrons. The van der Waals surface area contributed by atoms with Gasteiger partial charge in [0.15, 0.2) is 0 Å². The Labute approximate surface area is 173 Å². The predicted molar refractivity (Wildman–Crippen MR) is 110 cm³/mol. The van der Waals surface area contributed by atoms with Gasteiger partial charge in [0.1, 0.15) is 17.3 Å². The second-order valence-electron chi connectivity index (χ2n) is 7.23. The lowest BCUT2D eigenvalue weighted by Crippen LogP contribution is -2.40. The minimum atomic E-state index is -0.581. The molecule has 2 N–H and O–H groups in total. The Morgan fingerprint density at radius 1 is 1.23 bits per heavy atom. The number of pyridine rings is 2. The van der Waals surface area contributed by atoms with Crippen molar-refractivity contribution in [3.8, 4) is 22.8 Å². The number of hydrogen-bond donors (Lipinski definition) is 2. The lowest BCUT2D eigenvalue weighted by atomic mass is 9.85. The molecule has 3 amide bonds. The molecule has 1 aliphatic carbocycles. The molecular weight excluding hydrogens is 384 g/mol. The van der Waals surface area contributed by atoms with Gasteiger partial charge in [-0.1, -0.05) is 6.42 Å². The fraction of sp³-hybridized carbons (Fsp3) is 0.286. The van der Waals surface area contributed by atoms with Gasteiger partial charge in [0.2, 0.25) is 5.91 Å². The van der Waals surface area contributed by atoms with E-state index in [0.29, 0.717) is 23.0 Å². The Morgan fingerprint density at radius 3 is 2.73 bits per heavy atom. The lowest BCUT2D eigenvalue weighted by Gasteiger charge is -2.23. The first-order chi connectivity index (χ1) is 14.5. The van der Waals surface area contributed by atoms with Crippen molar-refractivity contribution in [2.24, 2.45) is 13.0 Å². The average Bonchev–Trinajstić information content (AvgIpc) is 3.09. The molecule has 0 spiro atoms. The van der Waals surface area contributed by atoms with Crippen LogP contribution in [0.25, 0.3) is 11.3 Å². The topological polar surface area (TPSA) is 111 Å². The molecule has 30 heavy (non-hydrogen) atoms. The summed E-state index contributed by atoms with van der Waals surface area (Å²) in [5.41, 5.74) is 2.23. The Morgan fingerprint density at radius 2 is 2.07 bits per heavy atom. The van der Waals surface area contributed by atoms with Crippen LogP contribution in [0.15, 0.2) is 42.9 Å². The molecule has 0 aliphatic heterocycles. The van der Waals surface area contributed by atoms with Gasteiger partial charge in [-0.25, -0.2) is 9.78 Å². The van der Waals surface area contributed by atoms with Crippen LogP contribution in [0, 0.1) is 12.8 Å². The molecule has 3 aromatic rings. The van der Waals surface area contributed by atoms with E-state index in [-0.39, 0.29) is 11.8 Å². The summed E-state index contributed by atoms with van der Waals surface area (Å²) in [7, 11) is 1.85. The number of urea groups is 1. The number of aromatic nitrogens is 4. The molecule has 3 heterocycles. The highest BCUT2D eigenvalue weighted by Crippen LogP contribution is 2.28. The zero-order valence-corrected chi connectivity index (χ0v) is 16.8.